The van der Waals surface area contributed by atoms with Crippen LogP contribution in [0.5, 0.6) is 0 Å². The van der Waals surface area contributed by atoms with Crippen LogP contribution in [-0.2, 0) is 0 Å². The zero-order chi connectivity index (χ0) is 17.3. The summed E-state index contributed by atoms with van der Waals surface area (Å²) in [5.41, 5.74) is 2.20. The van der Waals surface area contributed by atoms with E-state index < -0.39 is 11.7 Å². The first-order valence-corrected chi connectivity index (χ1v) is 7.72. The number of benzene rings is 2. The summed E-state index contributed by atoms with van der Waals surface area (Å²) in [4.78, 5) is 12.4. The number of hydrogen-bond acceptors (Lipinski definition) is 2. The molecule has 3 rings (SSSR count). The predicted octanol–water partition coefficient (Wildman–Crippen LogP) is 4.53. The van der Waals surface area contributed by atoms with Gasteiger partial charge in [-0.05, 0) is 49.7 Å². The molecule has 4 nitrogen and oxygen atoms in total. The quantitative estimate of drug-likeness (QED) is 0.759. The van der Waals surface area contributed by atoms with Crippen LogP contribution < -0.4 is 5.32 Å². The van der Waals surface area contributed by atoms with Gasteiger partial charge in [0.1, 0.15) is 11.6 Å². The second-order valence-corrected chi connectivity index (χ2v) is 5.92. The van der Waals surface area contributed by atoms with Gasteiger partial charge in [-0.15, -0.1) is 0 Å². The number of anilines is 1. The fraction of sp³-hybridized carbons (Fsp3) is 0.111. The van der Waals surface area contributed by atoms with E-state index in [1.165, 1.54) is 6.07 Å². The minimum absolute atomic E-state index is 0.245. The smallest absolute Gasteiger partial charge is 0.256 e. The van der Waals surface area contributed by atoms with Gasteiger partial charge in [0.25, 0.3) is 5.91 Å². The summed E-state index contributed by atoms with van der Waals surface area (Å²) in [5, 5.41) is 7.70. The van der Waals surface area contributed by atoms with Crippen molar-refractivity contribution < 1.29 is 9.18 Å². The minimum atomic E-state index is -0.415. The van der Waals surface area contributed by atoms with Crippen molar-refractivity contribution in [2.75, 3.05) is 5.32 Å². The third-order valence-corrected chi connectivity index (χ3v) is 3.80. The standard InChI is InChI=1S/C18H15ClFN3O/c1-11-6-7-13(9-16(11)20)18(24)21-17-8-12(2)22-23(17)15-5-3-4-14(19)10-15/h3-10H,1-2H3,(H,21,24). The minimum Gasteiger partial charge on any atom is -0.306 e. The Morgan fingerprint density at radius 3 is 2.67 bits per heavy atom. The molecule has 0 spiro atoms. The zero-order valence-electron chi connectivity index (χ0n) is 13.2. The van der Waals surface area contributed by atoms with Crippen LogP contribution in [0.4, 0.5) is 10.2 Å². The summed E-state index contributed by atoms with van der Waals surface area (Å²) in [6, 6.07) is 13.3. The molecule has 3 aromatic rings. The summed E-state index contributed by atoms with van der Waals surface area (Å²) < 4.78 is 15.2. The SMILES string of the molecule is Cc1cc(NC(=O)c2ccc(C)c(F)c2)n(-c2cccc(Cl)c2)n1. The van der Waals surface area contributed by atoms with Crippen LogP contribution in [0.15, 0.2) is 48.5 Å². The number of hydrogen-bond donors (Lipinski definition) is 1. The summed E-state index contributed by atoms with van der Waals surface area (Å²) in [7, 11) is 0. The molecule has 0 aliphatic rings. The Morgan fingerprint density at radius 1 is 1.17 bits per heavy atom. The van der Waals surface area contributed by atoms with Gasteiger partial charge in [-0.1, -0.05) is 23.7 Å². The molecule has 1 amide bonds. The monoisotopic (exact) mass is 343 g/mol. The molecule has 2 aromatic carbocycles. The van der Waals surface area contributed by atoms with E-state index in [-0.39, 0.29) is 5.56 Å². The van der Waals surface area contributed by atoms with Gasteiger partial charge >= 0.3 is 0 Å². The van der Waals surface area contributed by atoms with Gasteiger partial charge < -0.3 is 5.32 Å². The Labute approximate surface area is 143 Å². The van der Waals surface area contributed by atoms with Crippen LogP contribution >= 0.6 is 11.6 Å². The van der Waals surface area contributed by atoms with Gasteiger partial charge in [0, 0.05) is 16.7 Å². The Hall–Kier alpha value is -2.66. The van der Waals surface area contributed by atoms with Gasteiger partial charge in [-0.25, -0.2) is 9.07 Å². The molecule has 0 aliphatic heterocycles. The van der Waals surface area contributed by atoms with Crippen LogP contribution in [0.3, 0.4) is 0 Å². The Morgan fingerprint density at radius 2 is 1.96 bits per heavy atom. The topological polar surface area (TPSA) is 46.9 Å². The van der Waals surface area contributed by atoms with Crippen molar-refractivity contribution in [1.82, 2.24) is 9.78 Å². The largest absolute Gasteiger partial charge is 0.306 e. The van der Waals surface area contributed by atoms with Crippen molar-refractivity contribution in [3.8, 4) is 5.69 Å². The van der Waals surface area contributed by atoms with E-state index >= 15 is 0 Å². The molecule has 0 radical (unpaired) electrons. The average molecular weight is 344 g/mol. The third-order valence-electron chi connectivity index (χ3n) is 3.56. The molecule has 1 N–H and O–H groups in total. The number of nitrogens with zero attached hydrogens (tertiary/aromatic N) is 2. The molecule has 0 unspecified atom stereocenters. The van der Waals surface area contributed by atoms with Gasteiger partial charge in [-0.2, -0.15) is 5.10 Å². The number of aryl methyl sites for hydroxylation is 2. The van der Waals surface area contributed by atoms with Crippen molar-refractivity contribution in [1.29, 1.82) is 0 Å². The van der Waals surface area contributed by atoms with Crippen molar-refractivity contribution in [3.63, 3.8) is 0 Å². The first-order valence-electron chi connectivity index (χ1n) is 7.34. The lowest BCUT2D eigenvalue weighted by molar-refractivity contribution is 0.102. The van der Waals surface area contributed by atoms with E-state index in [2.05, 4.69) is 10.4 Å². The van der Waals surface area contributed by atoms with Crippen LogP contribution in [0.25, 0.3) is 5.69 Å². The number of aromatic nitrogens is 2. The fourth-order valence-corrected chi connectivity index (χ4v) is 2.50. The number of halogens is 2. The molecule has 1 heterocycles. The summed E-state index contributed by atoms with van der Waals surface area (Å²) in [6.45, 7) is 3.47. The van der Waals surface area contributed by atoms with Gasteiger partial charge in [0.15, 0.2) is 0 Å². The summed E-state index contributed by atoms with van der Waals surface area (Å²) >= 11 is 6.02. The maximum Gasteiger partial charge on any atom is 0.256 e. The Balaban J connectivity index is 1.93. The number of nitrogens with one attached hydrogen (secondary N) is 1. The Kier molecular flexibility index (Phi) is 4.36. The van der Waals surface area contributed by atoms with Crippen molar-refractivity contribution in [2.45, 2.75) is 13.8 Å². The highest BCUT2D eigenvalue weighted by atomic mass is 35.5. The number of amides is 1. The van der Waals surface area contributed by atoms with Crippen LogP contribution in [0.1, 0.15) is 21.6 Å². The maximum atomic E-state index is 13.7. The molecular weight excluding hydrogens is 329 g/mol. The van der Waals surface area contributed by atoms with Crippen molar-refractivity contribution in [2.24, 2.45) is 0 Å². The normalized spacial score (nSPS) is 10.7. The molecule has 6 heteroatoms. The van der Waals surface area contributed by atoms with E-state index in [9.17, 15) is 9.18 Å². The highest BCUT2D eigenvalue weighted by Crippen LogP contribution is 2.21. The highest BCUT2D eigenvalue weighted by molar-refractivity contribution is 6.30. The lowest BCUT2D eigenvalue weighted by atomic mass is 10.1. The first-order chi connectivity index (χ1) is 11.4. The number of carbonyl (C=O) groups excluding carboxylic acids is 1. The predicted molar refractivity (Wildman–Crippen MR) is 92.4 cm³/mol. The lowest BCUT2D eigenvalue weighted by Gasteiger charge is -2.09. The van der Waals surface area contributed by atoms with Crippen molar-refractivity contribution >= 4 is 23.3 Å². The van der Waals surface area contributed by atoms with Crippen LogP contribution in [-0.4, -0.2) is 15.7 Å². The van der Waals surface area contributed by atoms with Crippen molar-refractivity contribution in [3.05, 3.63) is 76.2 Å². The van der Waals surface area contributed by atoms with E-state index in [1.54, 1.807) is 48.0 Å². The fourth-order valence-electron chi connectivity index (χ4n) is 2.32. The molecule has 0 saturated heterocycles. The van der Waals surface area contributed by atoms with E-state index in [1.807, 2.05) is 13.0 Å². The third kappa shape index (κ3) is 3.31. The maximum absolute atomic E-state index is 13.7. The molecule has 1 aromatic heterocycles. The molecule has 0 fully saturated rings. The van der Waals surface area contributed by atoms with Crippen LogP contribution in [0.2, 0.25) is 5.02 Å². The van der Waals surface area contributed by atoms with E-state index in [4.69, 9.17) is 11.6 Å². The Bertz CT molecular complexity index is 920. The first kappa shape index (κ1) is 16.2. The number of carbonyl (C=O) groups is 1. The van der Waals surface area contributed by atoms with E-state index in [0.29, 0.717) is 16.4 Å². The molecule has 0 aliphatic carbocycles. The molecule has 122 valence electrons. The second-order valence-electron chi connectivity index (χ2n) is 5.48. The van der Waals surface area contributed by atoms with Gasteiger partial charge in [0.05, 0.1) is 11.4 Å². The van der Waals surface area contributed by atoms with E-state index in [0.717, 1.165) is 11.4 Å². The molecule has 24 heavy (non-hydrogen) atoms. The van der Waals surface area contributed by atoms with Gasteiger partial charge in [-0.3, -0.25) is 4.79 Å². The van der Waals surface area contributed by atoms with Crippen LogP contribution in [0, 0.1) is 19.7 Å². The zero-order valence-corrected chi connectivity index (χ0v) is 13.9. The summed E-state index contributed by atoms with van der Waals surface area (Å²) in [6.07, 6.45) is 0. The highest BCUT2D eigenvalue weighted by Gasteiger charge is 2.13. The second kappa shape index (κ2) is 6.45. The molecule has 0 bridgehead atoms. The van der Waals surface area contributed by atoms with Gasteiger partial charge in [0.2, 0.25) is 0 Å². The molecule has 0 atom stereocenters. The number of rotatable bonds is 3. The lowest BCUT2D eigenvalue weighted by Crippen LogP contribution is -2.15. The molecular formula is C18H15ClFN3O. The average Bonchev–Trinajstić information content (AvgIpc) is 2.90. The molecule has 0 saturated carbocycles. The summed E-state index contributed by atoms with van der Waals surface area (Å²) in [5.74, 6) is -0.333.